The van der Waals surface area contributed by atoms with Crippen molar-refractivity contribution in [2.45, 2.75) is 38.8 Å². The van der Waals surface area contributed by atoms with Crippen molar-refractivity contribution < 1.29 is 9.53 Å². The molecule has 6 heteroatoms. The minimum Gasteiger partial charge on any atom is -0.476 e. The Bertz CT molecular complexity index is 983. The maximum Gasteiger partial charge on any atom is 0.240 e. The molecule has 0 radical (unpaired) electrons. The van der Waals surface area contributed by atoms with Crippen LogP contribution in [-0.4, -0.2) is 46.2 Å². The number of carbonyl (C=O) groups is 1. The van der Waals surface area contributed by atoms with Crippen LogP contribution < -0.4 is 4.74 Å². The quantitative estimate of drug-likeness (QED) is 0.510. The highest BCUT2D eigenvalue weighted by atomic mass is 35.5. The molecule has 0 spiro atoms. The number of aromatic nitrogens is 2. The van der Waals surface area contributed by atoms with Gasteiger partial charge in [-0.05, 0) is 62.6 Å². The fourth-order valence-electron chi connectivity index (χ4n) is 4.08. The van der Waals surface area contributed by atoms with E-state index >= 15 is 0 Å². The van der Waals surface area contributed by atoms with Crippen LogP contribution in [0.15, 0.2) is 48.5 Å². The van der Waals surface area contributed by atoms with Gasteiger partial charge in [-0.3, -0.25) is 14.4 Å². The number of hydrogen-bond donors (Lipinski definition) is 0. The second-order valence-electron chi connectivity index (χ2n) is 7.61. The first-order valence-corrected chi connectivity index (χ1v) is 10.6. The van der Waals surface area contributed by atoms with Gasteiger partial charge in [0.25, 0.3) is 0 Å². The Kier molecular flexibility index (Phi) is 6.16. The average molecular weight is 412 g/mol. The van der Waals surface area contributed by atoms with E-state index in [1.165, 1.54) is 0 Å². The zero-order valence-electron chi connectivity index (χ0n) is 16.7. The Balaban J connectivity index is 1.41. The van der Waals surface area contributed by atoms with Gasteiger partial charge in [0.2, 0.25) is 5.88 Å². The van der Waals surface area contributed by atoms with E-state index in [1.807, 2.05) is 47.1 Å². The van der Waals surface area contributed by atoms with E-state index in [0.717, 1.165) is 53.8 Å². The summed E-state index contributed by atoms with van der Waals surface area (Å²) in [4.78, 5) is 14.0. The molecule has 1 fully saturated rings. The summed E-state index contributed by atoms with van der Waals surface area (Å²) in [6, 6.07) is 16.0. The molecule has 29 heavy (non-hydrogen) atoms. The van der Waals surface area contributed by atoms with E-state index in [2.05, 4.69) is 11.0 Å². The topological polar surface area (TPSA) is 47.4 Å². The molecule has 0 N–H and O–H groups in total. The third-order valence-corrected chi connectivity index (χ3v) is 5.78. The van der Waals surface area contributed by atoms with Crippen molar-refractivity contribution in [3.05, 3.63) is 59.1 Å². The van der Waals surface area contributed by atoms with E-state index in [9.17, 15) is 4.79 Å². The van der Waals surface area contributed by atoms with Crippen LogP contribution in [0.5, 0.6) is 5.88 Å². The molecule has 2 aromatic carbocycles. The van der Waals surface area contributed by atoms with E-state index in [0.29, 0.717) is 19.0 Å². The standard InChI is InChI=1S/C23H26ClN3O2/c1-17(28)21-8-4-13-26(21)14-5-15-29-23-20-6-2-3-7-22(20)27(25-23)16-18-9-11-19(24)12-10-18/h2-3,6-7,9-12,21H,4-5,8,13-16H2,1H3/t21-/m0/s1. The summed E-state index contributed by atoms with van der Waals surface area (Å²) in [6.45, 7) is 4.83. The van der Waals surface area contributed by atoms with Gasteiger partial charge in [-0.1, -0.05) is 35.9 Å². The van der Waals surface area contributed by atoms with Crippen LogP contribution in [-0.2, 0) is 11.3 Å². The van der Waals surface area contributed by atoms with Crippen LogP contribution in [0.4, 0.5) is 0 Å². The molecule has 0 amide bonds. The Morgan fingerprint density at radius 3 is 2.79 bits per heavy atom. The average Bonchev–Trinajstić information content (AvgIpc) is 3.32. The number of carbonyl (C=O) groups excluding carboxylic acids is 1. The first-order valence-electron chi connectivity index (χ1n) is 10.2. The molecule has 5 nitrogen and oxygen atoms in total. The number of ketones is 1. The fraction of sp³-hybridized carbons (Fsp3) is 0.391. The maximum absolute atomic E-state index is 11.7. The minimum atomic E-state index is 0.0921. The van der Waals surface area contributed by atoms with Crippen LogP contribution in [0, 0.1) is 0 Å². The Labute approximate surface area is 176 Å². The second-order valence-corrected chi connectivity index (χ2v) is 8.05. The van der Waals surface area contributed by atoms with Crippen LogP contribution in [0.2, 0.25) is 5.02 Å². The summed E-state index contributed by atoms with van der Waals surface area (Å²) in [5.41, 5.74) is 2.19. The highest BCUT2D eigenvalue weighted by molar-refractivity contribution is 6.30. The number of nitrogens with zero attached hydrogens (tertiary/aromatic N) is 3. The smallest absolute Gasteiger partial charge is 0.240 e. The van der Waals surface area contributed by atoms with E-state index in [-0.39, 0.29) is 11.8 Å². The van der Waals surface area contributed by atoms with Gasteiger partial charge in [0.1, 0.15) is 5.78 Å². The van der Waals surface area contributed by atoms with Gasteiger partial charge in [-0.25, -0.2) is 0 Å². The van der Waals surface area contributed by atoms with Crippen molar-refractivity contribution in [1.82, 2.24) is 14.7 Å². The number of benzene rings is 2. The highest BCUT2D eigenvalue weighted by Gasteiger charge is 2.27. The lowest BCUT2D eigenvalue weighted by molar-refractivity contribution is -0.121. The van der Waals surface area contributed by atoms with Gasteiger partial charge in [-0.15, -0.1) is 5.10 Å². The SMILES string of the molecule is CC(=O)[C@@H]1CCCN1CCCOc1nn(Cc2ccc(Cl)cc2)c2ccccc12. The van der Waals surface area contributed by atoms with E-state index in [4.69, 9.17) is 21.4 Å². The monoisotopic (exact) mass is 411 g/mol. The molecule has 3 aromatic rings. The molecule has 0 bridgehead atoms. The molecular formula is C23H26ClN3O2. The number of ether oxygens (including phenoxy) is 1. The summed E-state index contributed by atoms with van der Waals surface area (Å²) in [5.74, 6) is 0.939. The first kappa shape index (κ1) is 19.9. The lowest BCUT2D eigenvalue weighted by Gasteiger charge is -2.21. The predicted molar refractivity (Wildman–Crippen MR) is 116 cm³/mol. The molecular weight excluding hydrogens is 386 g/mol. The van der Waals surface area contributed by atoms with Crippen molar-refractivity contribution in [2.24, 2.45) is 0 Å². The summed E-state index contributed by atoms with van der Waals surface area (Å²) < 4.78 is 8.02. The minimum absolute atomic E-state index is 0.0921. The number of hydrogen-bond acceptors (Lipinski definition) is 4. The van der Waals surface area contributed by atoms with Crippen molar-refractivity contribution in [3.8, 4) is 5.88 Å². The van der Waals surface area contributed by atoms with Crippen LogP contribution in [0.25, 0.3) is 10.9 Å². The molecule has 1 aromatic heterocycles. The van der Waals surface area contributed by atoms with E-state index < -0.39 is 0 Å². The Morgan fingerprint density at radius 2 is 2.00 bits per heavy atom. The number of para-hydroxylation sites is 1. The summed E-state index contributed by atoms with van der Waals surface area (Å²) >= 11 is 5.99. The molecule has 1 aliphatic heterocycles. The molecule has 0 unspecified atom stereocenters. The summed E-state index contributed by atoms with van der Waals surface area (Å²) in [5, 5.41) is 6.46. The normalized spacial score (nSPS) is 17.1. The molecule has 2 heterocycles. The molecule has 1 atom stereocenters. The summed E-state index contributed by atoms with van der Waals surface area (Å²) in [6.07, 6.45) is 2.96. The molecule has 152 valence electrons. The Hall–Kier alpha value is -2.37. The van der Waals surface area contributed by atoms with Gasteiger partial charge in [0.15, 0.2) is 0 Å². The van der Waals surface area contributed by atoms with Crippen molar-refractivity contribution in [3.63, 3.8) is 0 Å². The second kappa shape index (κ2) is 8.97. The Morgan fingerprint density at radius 1 is 1.21 bits per heavy atom. The molecule has 1 aliphatic rings. The summed E-state index contributed by atoms with van der Waals surface area (Å²) in [7, 11) is 0. The number of halogens is 1. The first-order chi connectivity index (χ1) is 14.1. The van der Waals surface area contributed by atoms with Crippen LogP contribution >= 0.6 is 11.6 Å². The zero-order chi connectivity index (χ0) is 20.2. The number of rotatable bonds is 8. The maximum atomic E-state index is 11.7. The van der Waals surface area contributed by atoms with Gasteiger partial charge >= 0.3 is 0 Å². The molecule has 0 aliphatic carbocycles. The fourth-order valence-corrected chi connectivity index (χ4v) is 4.20. The molecule has 4 rings (SSSR count). The number of fused-ring (bicyclic) bond motifs is 1. The van der Waals surface area contributed by atoms with Crippen molar-refractivity contribution >= 4 is 28.3 Å². The number of likely N-dealkylation sites (tertiary alicyclic amines) is 1. The lowest BCUT2D eigenvalue weighted by Crippen LogP contribution is -2.35. The lowest BCUT2D eigenvalue weighted by atomic mass is 10.1. The highest BCUT2D eigenvalue weighted by Crippen LogP contribution is 2.26. The molecule has 0 saturated carbocycles. The van der Waals surface area contributed by atoms with Crippen LogP contribution in [0.1, 0.15) is 31.7 Å². The van der Waals surface area contributed by atoms with E-state index in [1.54, 1.807) is 6.92 Å². The van der Waals surface area contributed by atoms with Crippen molar-refractivity contribution in [1.29, 1.82) is 0 Å². The van der Waals surface area contributed by atoms with Gasteiger partial charge in [-0.2, -0.15) is 0 Å². The van der Waals surface area contributed by atoms with Crippen molar-refractivity contribution in [2.75, 3.05) is 19.7 Å². The predicted octanol–water partition coefficient (Wildman–Crippen LogP) is 4.56. The van der Waals surface area contributed by atoms with Crippen LogP contribution in [0.3, 0.4) is 0 Å². The third kappa shape index (κ3) is 4.62. The van der Waals surface area contributed by atoms with Gasteiger partial charge in [0, 0.05) is 11.6 Å². The zero-order valence-corrected chi connectivity index (χ0v) is 17.4. The third-order valence-electron chi connectivity index (χ3n) is 5.53. The number of Topliss-reactive ketones (excluding diaryl/α,β-unsaturated/α-hetero) is 1. The largest absolute Gasteiger partial charge is 0.476 e. The van der Waals surface area contributed by atoms with Gasteiger partial charge in [0.05, 0.1) is 30.1 Å². The van der Waals surface area contributed by atoms with Gasteiger partial charge < -0.3 is 4.74 Å². The molecule has 1 saturated heterocycles.